The van der Waals surface area contributed by atoms with Crippen LogP contribution in [0.2, 0.25) is 5.02 Å². The maximum absolute atomic E-state index is 13.1. The molecule has 0 aliphatic carbocycles. The smallest absolute Gasteiger partial charge is 0.314 e. The van der Waals surface area contributed by atoms with Crippen LogP contribution < -0.4 is 5.32 Å². The summed E-state index contributed by atoms with van der Waals surface area (Å²) >= 11 is 5.99. The number of hydrogen-bond acceptors (Lipinski definition) is 2. The second kappa shape index (κ2) is 9.27. The highest BCUT2D eigenvalue weighted by molar-refractivity contribution is 6.30. The van der Waals surface area contributed by atoms with Gasteiger partial charge in [0.25, 0.3) is 0 Å². The lowest BCUT2D eigenvalue weighted by Crippen LogP contribution is -2.46. The Balaban J connectivity index is 0.00000288. The summed E-state index contributed by atoms with van der Waals surface area (Å²) in [5, 5.41) is 3.44. The topological polar surface area (TPSA) is 15.3 Å². The Labute approximate surface area is 153 Å². The van der Waals surface area contributed by atoms with Crippen LogP contribution in [0.25, 0.3) is 0 Å². The number of halogens is 5. The Morgan fingerprint density at radius 3 is 2.38 bits per heavy atom. The molecule has 0 saturated carbocycles. The average molecular weight is 385 g/mol. The molecule has 1 aromatic carbocycles. The van der Waals surface area contributed by atoms with Crippen molar-refractivity contribution in [2.45, 2.75) is 38.9 Å². The molecule has 7 heteroatoms. The molecule has 1 saturated heterocycles. The van der Waals surface area contributed by atoms with Crippen LogP contribution in [-0.2, 0) is 6.18 Å². The Kier molecular flexibility index (Phi) is 8.33. The highest BCUT2D eigenvalue weighted by Crippen LogP contribution is 2.37. The number of hydrogen-bond donors (Lipinski definition) is 1. The van der Waals surface area contributed by atoms with Gasteiger partial charge in [0.15, 0.2) is 0 Å². The Hall–Kier alpha value is -0.490. The standard InChI is InChI=1S/C17H24ClF3N2.ClH/c1-3-4-12(2)16(23-7-5-22-6-8-23)13-9-14(17(19,20)21)11-15(18)10-13;/h9-12,16,22H,3-8H2,1-2H3;1H/t12?,16-;/m1./s1. The minimum atomic E-state index is -4.37. The predicted octanol–water partition coefficient (Wildman–Crippen LogP) is 5.16. The maximum Gasteiger partial charge on any atom is 0.416 e. The van der Waals surface area contributed by atoms with E-state index < -0.39 is 11.7 Å². The summed E-state index contributed by atoms with van der Waals surface area (Å²) < 4.78 is 39.4. The molecule has 0 spiro atoms. The van der Waals surface area contributed by atoms with Crippen molar-refractivity contribution in [2.24, 2.45) is 5.92 Å². The van der Waals surface area contributed by atoms with Crippen LogP contribution >= 0.6 is 24.0 Å². The number of nitrogens with one attached hydrogen (secondary N) is 1. The van der Waals surface area contributed by atoms with Crippen LogP contribution in [0.15, 0.2) is 18.2 Å². The summed E-state index contributed by atoms with van der Waals surface area (Å²) in [6.45, 7) is 7.62. The predicted molar refractivity (Wildman–Crippen MR) is 95.0 cm³/mol. The van der Waals surface area contributed by atoms with Crippen molar-refractivity contribution < 1.29 is 13.2 Å². The van der Waals surface area contributed by atoms with Crippen molar-refractivity contribution in [2.75, 3.05) is 26.2 Å². The first kappa shape index (κ1) is 21.6. The van der Waals surface area contributed by atoms with E-state index in [4.69, 9.17) is 11.6 Å². The zero-order valence-corrected chi connectivity index (χ0v) is 15.6. The average Bonchev–Trinajstić information content (AvgIpc) is 2.47. The van der Waals surface area contributed by atoms with Crippen molar-refractivity contribution >= 4 is 24.0 Å². The molecule has 0 radical (unpaired) electrons. The van der Waals surface area contributed by atoms with Gasteiger partial charge >= 0.3 is 6.18 Å². The van der Waals surface area contributed by atoms with Gasteiger partial charge in [-0.25, -0.2) is 0 Å². The van der Waals surface area contributed by atoms with E-state index >= 15 is 0 Å². The molecule has 1 aromatic rings. The lowest BCUT2D eigenvalue weighted by molar-refractivity contribution is -0.137. The quantitative estimate of drug-likeness (QED) is 0.753. The highest BCUT2D eigenvalue weighted by Gasteiger charge is 2.33. The van der Waals surface area contributed by atoms with Crippen molar-refractivity contribution in [3.63, 3.8) is 0 Å². The summed E-state index contributed by atoms with van der Waals surface area (Å²) in [7, 11) is 0. The second-order valence-electron chi connectivity index (χ2n) is 6.27. The first-order chi connectivity index (χ1) is 10.8. The molecule has 1 unspecified atom stereocenters. The maximum atomic E-state index is 13.1. The van der Waals surface area contributed by atoms with E-state index in [9.17, 15) is 13.2 Å². The SMILES string of the molecule is CCCC(C)[C@H](c1cc(Cl)cc(C(F)(F)F)c1)N1CCNCC1.Cl. The summed E-state index contributed by atoms with van der Waals surface area (Å²) in [5.41, 5.74) is 0.0107. The number of alkyl halides is 3. The van der Waals surface area contributed by atoms with Gasteiger partial charge in [0, 0.05) is 37.2 Å². The fourth-order valence-corrected chi connectivity index (χ4v) is 3.66. The Bertz CT molecular complexity index is 517. The largest absolute Gasteiger partial charge is 0.416 e. The minimum absolute atomic E-state index is 0. The molecule has 2 atom stereocenters. The van der Waals surface area contributed by atoms with Crippen LogP contribution in [0.3, 0.4) is 0 Å². The molecule has 0 amide bonds. The van der Waals surface area contributed by atoms with Gasteiger partial charge in [0.05, 0.1) is 5.56 Å². The lowest BCUT2D eigenvalue weighted by Gasteiger charge is -2.39. The van der Waals surface area contributed by atoms with Crippen LogP contribution in [0.4, 0.5) is 13.2 Å². The van der Waals surface area contributed by atoms with Gasteiger partial charge in [-0.1, -0.05) is 31.9 Å². The summed E-state index contributed by atoms with van der Waals surface area (Å²) in [4.78, 5) is 2.28. The third kappa shape index (κ3) is 5.51. The summed E-state index contributed by atoms with van der Waals surface area (Å²) in [6, 6.07) is 3.93. The third-order valence-corrected chi connectivity index (χ3v) is 4.64. The van der Waals surface area contributed by atoms with Crippen molar-refractivity contribution in [1.82, 2.24) is 10.2 Å². The van der Waals surface area contributed by atoms with Crippen LogP contribution in [-0.4, -0.2) is 31.1 Å². The molecule has 24 heavy (non-hydrogen) atoms. The lowest BCUT2D eigenvalue weighted by atomic mass is 9.88. The number of piperazine rings is 1. The van der Waals surface area contributed by atoms with Crippen molar-refractivity contribution in [3.8, 4) is 0 Å². The van der Waals surface area contributed by atoms with E-state index in [0.717, 1.165) is 45.1 Å². The molecular weight excluding hydrogens is 360 g/mol. The van der Waals surface area contributed by atoms with Gasteiger partial charge in [-0.15, -0.1) is 12.4 Å². The van der Waals surface area contributed by atoms with E-state index in [1.165, 1.54) is 6.07 Å². The van der Waals surface area contributed by atoms with Gasteiger partial charge in [-0.2, -0.15) is 13.2 Å². The molecular formula is C17H25Cl2F3N2. The van der Waals surface area contributed by atoms with Gasteiger partial charge in [-0.05, 0) is 36.1 Å². The highest BCUT2D eigenvalue weighted by atomic mass is 35.5. The second-order valence-corrected chi connectivity index (χ2v) is 6.70. The zero-order chi connectivity index (χ0) is 17.0. The monoisotopic (exact) mass is 384 g/mol. The molecule has 0 bridgehead atoms. The molecule has 138 valence electrons. The molecule has 0 aromatic heterocycles. The molecule has 1 aliphatic rings. The summed E-state index contributed by atoms with van der Waals surface area (Å²) in [5.74, 6) is 0.276. The summed E-state index contributed by atoms with van der Waals surface area (Å²) in [6.07, 6.45) is -2.39. The van der Waals surface area contributed by atoms with Gasteiger partial charge in [0.2, 0.25) is 0 Å². The van der Waals surface area contributed by atoms with E-state index in [1.54, 1.807) is 6.07 Å². The van der Waals surface area contributed by atoms with E-state index in [1.807, 2.05) is 0 Å². The minimum Gasteiger partial charge on any atom is -0.314 e. The molecule has 1 fully saturated rings. The molecule has 2 rings (SSSR count). The van der Waals surface area contributed by atoms with Gasteiger partial charge < -0.3 is 5.32 Å². The normalized spacial score (nSPS) is 18.8. The Morgan fingerprint density at radius 2 is 1.83 bits per heavy atom. The fourth-order valence-electron chi connectivity index (χ4n) is 3.42. The van der Waals surface area contributed by atoms with Crippen LogP contribution in [0.1, 0.15) is 43.9 Å². The molecule has 1 N–H and O–H groups in total. The number of rotatable bonds is 5. The van der Waals surface area contributed by atoms with Crippen molar-refractivity contribution in [3.05, 3.63) is 34.3 Å². The number of nitrogens with zero attached hydrogens (tertiary/aromatic N) is 1. The van der Waals surface area contributed by atoms with Crippen LogP contribution in [0, 0.1) is 5.92 Å². The third-order valence-electron chi connectivity index (χ3n) is 4.42. The fraction of sp³-hybridized carbons (Fsp3) is 0.647. The van der Waals surface area contributed by atoms with E-state index in [0.29, 0.717) is 5.56 Å². The van der Waals surface area contributed by atoms with Crippen LogP contribution in [0.5, 0.6) is 0 Å². The van der Waals surface area contributed by atoms with E-state index in [-0.39, 0.29) is 29.4 Å². The first-order valence-electron chi connectivity index (χ1n) is 8.15. The first-order valence-corrected chi connectivity index (χ1v) is 8.53. The van der Waals surface area contributed by atoms with Crippen molar-refractivity contribution in [1.29, 1.82) is 0 Å². The van der Waals surface area contributed by atoms with Gasteiger partial charge in [-0.3, -0.25) is 4.90 Å². The Morgan fingerprint density at radius 1 is 1.21 bits per heavy atom. The van der Waals surface area contributed by atoms with E-state index in [2.05, 4.69) is 24.1 Å². The van der Waals surface area contributed by atoms with Gasteiger partial charge in [0.1, 0.15) is 0 Å². The molecule has 1 heterocycles. The molecule has 2 nitrogen and oxygen atoms in total. The molecule has 1 aliphatic heterocycles. The zero-order valence-electron chi connectivity index (χ0n) is 14.0. The number of benzene rings is 1.